The van der Waals surface area contributed by atoms with Crippen molar-refractivity contribution in [3.05, 3.63) is 11.6 Å². The number of carbonyl (C=O) groups is 1. The van der Waals surface area contributed by atoms with Crippen LogP contribution in [0.2, 0.25) is 0 Å². The Labute approximate surface area is 101 Å². The van der Waals surface area contributed by atoms with Gasteiger partial charge >= 0.3 is 0 Å². The highest BCUT2D eigenvalue weighted by Crippen LogP contribution is 2.15. The number of rotatable bonds is 8. The lowest BCUT2D eigenvalue weighted by atomic mass is 9.93. The van der Waals surface area contributed by atoms with Gasteiger partial charge in [-0.2, -0.15) is 0 Å². The highest BCUT2D eigenvalue weighted by atomic mass is 16.1. The van der Waals surface area contributed by atoms with Crippen molar-refractivity contribution in [2.45, 2.75) is 66.7 Å². The van der Waals surface area contributed by atoms with E-state index in [9.17, 15) is 4.79 Å². The van der Waals surface area contributed by atoms with E-state index in [2.05, 4.69) is 40.7 Å². The molecular weight excluding hydrogens is 196 g/mol. The molecule has 0 aromatic carbocycles. The molecule has 2 atom stereocenters. The van der Waals surface area contributed by atoms with Gasteiger partial charge in [0.2, 0.25) is 0 Å². The van der Waals surface area contributed by atoms with Gasteiger partial charge in [0.05, 0.1) is 0 Å². The van der Waals surface area contributed by atoms with Gasteiger partial charge in [0.25, 0.3) is 0 Å². The first-order valence-electron chi connectivity index (χ1n) is 6.63. The third-order valence-electron chi connectivity index (χ3n) is 3.28. The second kappa shape index (κ2) is 8.55. The second-order valence-corrected chi connectivity index (χ2v) is 5.28. The molecule has 16 heavy (non-hydrogen) atoms. The van der Waals surface area contributed by atoms with E-state index in [1.165, 1.54) is 12.0 Å². The zero-order valence-electron chi connectivity index (χ0n) is 11.7. The van der Waals surface area contributed by atoms with E-state index in [4.69, 9.17) is 0 Å². The van der Waals surface area contributed by atoms with Crippen molar-refractivity contribution in [1.82, 2.24) is 0 Å². The van der Waals surface area contributed by atoms with Crippen LogP contribution < -0.4 is 0 Å². The first-order chi connectivity index (χ1) is 7.47. The fourth-order valence-electron chi connectivity index (χ4n) is 1.62. The summed E-state index contributed by atoms with van der Waals surface area (Å²) in [6, 6.07) is 0. The minimum Gasteiger partial charge on any atom is -0.299 e. The van der Waals surface area contributed by atoms with E-state index in [-0.39, 0.29) is 5.92 Å². The Hall–Kier alpha value is -0.590. The Bertz CT molecular complexity index is 224. The Morgan fingerprint density at radius 2 is 1.81 bits per heavy atom. The van der Waals surface area contributed by atoms with Gasteiger partial charge in [-0.3, -0.25) is 4.79 Å². The summed E-state index contributed by atoms with van der Waals surface area (Å²) in [4.78, 5) is 11.8. The molecule has 0 aromatic rings. The summed E-state index contributed by atoms with van der Waals surface area (Å²) in [5.74, 6) is 1.37. The maximum atomic E-state index is 11.8. The quantitative estimate of drug-likeness (QED) is 0.543. The van der Waals surface area contributed by atoms with Crippen LogP contribution in [0, 0.1) is 11.8 Å². The number of hydrogen-bond donors (Lipinski definition) is 0. The summed E-state index contributed by atoms with van der Waals surface area (Å²) < 4.78 is 0. The van der Waals surface area contributed by atoms with E-state index in [1.807, 2.05) is 0 Å². The van der Waals surface area contributed by atoms with Crippen LogP contribution >= 0.6 is 0 Å². The molecule has 0 aliphatic carbocycles. The fourth-order valence-corrected chi connectivity index (χ4v) is 1.62. The molecule has 0 fully saturated rings. The Kier molecular flexibility index (Phi) is 8.23. The Morgan fingerprint density at radius 3 is 2.31 bits per heavy atom. The summed E-state index contributed by atoms with van der Waals surface area (Å²) in [6.45, 7) is 10.7. The van der Waals surface area contributed by atoms with E-state index in [1.54, 1.807) is 0 Å². The molecule has 1 heteroatoms. The van der Waals surface area contributed by atoms with Gasteiger partial charge in [0, 0.05) is 12.3 Å². The van der Waals surface area contributed by atoms with Crippen LogP contribution in [-0.4, -0.2) is 5.78 Å². The first kappa shape index (κ1) is 15.4. The van der Waals surface area contributed by atoms with Crippen molar-refractivity contribution in [2.75, 3.05) is 0 Å². The third kappa shape index (κ3) is 7.67. The molecule has 1 nitrogen and oxygen atoms in total. The van der Waals surface area contributed by atoms with Crippen molar-refractivity contribution in [3.63, 3.8) is 0 Å². The van der Waals surface area contributed by atoms with E-state index in [0.717, 1.165) is 25.7 Å². The molecule has 0 aliphatic heterocycles. The van der Waals surface area contributed by atoms with Gasteiger partial charge in [0.1, 0.15) is 5.78 Å². The van der Waals surface area contributed by atoms with Crippen LogP contribution in [0.5, 0.6) is 0 Å². The molecular formula is C15H28O. The predicted octanol–water partition coefficient (Wildman–Crippen LogP) is 4.76. The van der Waals surface area contributed by atoms with E-state index in [0.29, 0.717) is 11.7 Å². The summed E-state index contributed by atoms with van der Waals surface area (Å²) in [5, 5.41) is 0. The zero-order valence-corrected chi connectivity index (χ0v) is 11.7. The number of carbonyl (C=O) groups excluding carboxylic acids is 1. The first-order valence-corrected chi connectivity index (χ1v) is 6.63. The summed E-state index contributed by atoms with van der Waals surface area (Å²) >= 11 is 0. The minimum absolute atomic E-state index is 0.236. The topological polar surface area (TPSA) is 17.1 Å². The van der Waals surface area contributed by atoms with Gasteiger partial charge < -0.3 is 0 Å². The van der Waals surface area contributed by atoms with Crippen LogP contribution in [0.15, 0.2) is 11.6 Å². The standard InChI is InChI=1S/C15H28O/c1-6-13(4)10-11-15(16)14(5)9-7-8-12(2)3/h8,13-14H,6-7,9-11H2,1-5H3/t13-,14+/m0/s1. The van der Waals surface area contributed by atoms with Crippen molar-refractivity contribution in [1.29, 1.82) is 0 Å². The second-order valence-electron chi connectivity index (χ2n) is 5.28. The average Bonchev–Trinajstić information content (AvgIpc) is 2.24. The highest BCUT2D eigenvalue weighted by Gasteiger charge is 2.12. The monoisotopic (exact) mass is 224 g/mol. The molecule has 0 bridgehead atoms. The number of ketones is 1. The molecule has 0 N–H and O–H groups in total. The summed E-state index contributed by atoms with van der Waals surface area (Å²) in [6.07, 6.45) is 7.27. The predicted molar refractivity (Wildman–Crippen MR) is 71.5 cm³/mol. The Morgan fingerprint density at radius 1 is 1.19 bits per heavy atom. The highest BCUT2D eigenvalue weighted by molar-refractivity contribution is 5.80. The summed E-state index contributed by atoms with van der Waals surface area (Å²) in [5.41, 5.74) is 1.35. The zero-order chi connectivity index (χ0) is 12.6. The molecule has 0 radical (unpaired) electrons. The van der Waals surface area contributed by atoms with Crippen LogP contribution in [0.25, 0.3) is 0 Å². The molecule has 0 spiro atoms. The maximum absolute atomic E-state index is 11.8. The number of hydrogen-bond acceptors (Lipinski definition) is 1. The van der Waals surface area contributed by atoms with E-state index < -0.39 is 0 Å². The molecule has 0 saturated heterocycles. The lowest BCUT2D eigenvalue weighted by molar-refractivity contribution is -0.122. The van der Waals surface area contributed by atoms with Gasteiger partial charge in [-0.1, -0.05) is 38.8 Å². The molecule has 94 valence electrons. The van der Waals surface area contributed by atoms with Crippen LogP contribution in [0.4, 0.5) is 0 Å². The van der Waals surface area contributed by atoms with Crippen molar-refractivity contribution < 1.29 is 4.79 Å². The van der Waals surface area contributed by atoms with Crippen molar-refractivity contribution in [3.8, 4) is 0 Å². The molecule has 0 heterocycles. The van der Waals surface area contributed by atoms with Gasteiger partial charge in [-0.25, -0.2) is 0 Å². The molecule has 0 unspecified atom stereocenters. The Balaban J connectivity index is 3.77. The molecule has 0 aliphatic rings. The average molecular weight is 224 g/mol. The molecule has 0 aromatic heterocycles. The molecule has 0 rings (SSSR count). The summed E-state index contributed by atoms with van der Waals surface area (Å²) in [7, 11) is 0. The SMILES string of the molecule is CC[C@H](C)CCC(=O)[C@H](C)CCC=C(C)C. The van der Waals surface area contributed by atoms with Gasteiger partial charge in [-0.05, 0) is 39.0 Å². The molecule has 0 saturated carbocycles. The number of Topliss-reactive ketones (excluding diaryl/α,β-unsaturated/α-hetero) is 1. The normalized spacial score (nSPS) is 14.3. The fraction of sp³-hybridized carbons (Fsp3) is 0.800. The third-order valence-corrected chi connectivity index (χ3v) is 3.28. The minimum atomic E-state index is 0.236. The molecule has 0 amide bonds. The lowest BCUT2D eigenvalue weighted by Gasteiger charge is -2.11. The van der Waals surface area contributed by atoms with E-state index >= 15 is 0 Å². The maximum Gasteiger partial charge on any atom is 0.135 e. The van der Waals surface area contributed by atoms with Crippen molar-refractivity contribution >= 4 is 5.78 Å². The van der Waals surface area contributed by atoms with Gasteiger partial charge in [0.15, 0.2) is 0 Å². The largest absolute Gasteiger partial charge is 0.299 e. The van der Waals surface area contributed by atoms with Crippen LogP contribution in [-0.2, 0) is 4.79 Å². The van der Waals surface area contributed by atoms with Gasteiger partial charge in [-0.15, -0.1) is 0 Å². The number of allylic oxidation sites excluding steroid dienone is 2. The van der Waals surface area contributed by atoms with Crippen LogP contribution in [0.3, 0.4) is 0 Å². The lowest BCUT2D eigenvalue weighted by Crippen LogP contribution is -2.11. The van der Waals surface area contributed by atoms with Crippen molar-refractivity contribution in [2.24, 2.45) is 11.8 Å². The smallest absolute Gasteiger partial charge is 0.135 e. The van der Waals surface area contributed by atoms with Crippen LogP contribution in [0.1, 0.15) is 66.7 Å².